The number of Topliss-reactive ketones (excluding diaryl/α,β-unsaturated/α-hetero) is 1. The molecule has 2 aromatic rings. The maximum Gasteiger partial charge on any atom is 0.341 e. The van der Waals surface area contributed by atoms with E-state index in [2.05, 4.69) is 5.32 Å². The van der Waals surface area contributed by atoms with Gasteiger partial charge in [0.05, 0.1) is 21.9 Å². The Morgan fingerprint density at radius 3 is 2.34 bits per heavy atom. The van der Waals surface area contributed by atoms with E-state index in [9.17, 15) is 24.5 Å². The highest BCUT2D eigenvalue weighted by atomic mass is 16.6. The first-order valence-electron chi connectivity index (χ1n) is 8.69. The van der Waals surface area contributed by atoms with Gasteiger partial charge in [0.2, 0.25) is 0 Å². The van der Waals surface area contributed by atoms with E-state index in [1.807, 2.05) is 0 Å². The number of amides is 1. The average molecular weight is 399 g/mol. The Morgan fingerprint density at radius 1 is 1.10 bits per heavy atom. The molecule has 29 heavy (non-hydrogen) atoms. The molecule has 0 aliphatic rings. The van der Waals surface area contributed by atoms with E-state index < -0.39 is 22.9 Å². The van der Waals surface area contributed by atoms with Gasteiger partial charge >= 0.3 is 5.97 Å². The summed E-state index contributed by atoms with van der Waals surface area (Å²) in [5, 5.41) is 13.6. The van der Waals surface area contributed by atoms with Crippen LogP contribution in [0.25, 0.3) is 0 Å². The lowest BCUT2D eigenvalue weighted by atomic mass is 10.1. The Hall–Kier alpha value is -3.75. The number of ketones is 1. The lowest BCUT2D eigenvalue weighted by molar-refractivity contribution is -0.384. The standard InChI is InChI=1S/C20H21N3O6/c1-12(24)15-7-5-6-8-17(15)21-19(25)13(2)29-20(26)16-11-14(23(27)28)9-10-18(16)22(3)4/h5-11,13H,1-4H3,(H,21,25)/t13-/m0/s1. The van der Waals surface area contributed by atoms with Gasteiger partial charge in [-0.25, -0.2) is 4.79 Å². The fourth-order valence-electron chi connectivity index (χ4n) is 2.60. The lowest BCUT2D eigenvalue weighted by Crippen LogP contribution is -2.31. The van der Waals surface area contributed by atoms with Crippen molar-refractivity contribution in [3.63, 3.8) is 0 Å². The molecule has 0 spiro atoms. The van der Waals surface area contributed by atoms with Crippen molar-refractivity contribution in [1.29, 1.82) is 0 Å². The van der Waals surface area contributed by atoms with Gasteiger partial charge in [-0.05, 0) is 32.0 Å². The first kappa shape index (κ1) is 21.5. The summed E-state index contributed by atoms with van der Waals surface area (Å²) in [6, 6.07) is 10.3. The second kappa shape index (κ2) is 8.96. The fourth-order valence-corrected chi connectivity index (χ4v) is 2.60. The molecular formula is C20H21N3O6. The smallest absolute Gasteiger partial charge is 0.341 e. The van der Waals surface area contributed by atoms with Gasteiger partial charge in [0.15, 0.2) is 11.9 Å². The lowest BCUT2D eigenvalue weighted by Gasteiger charge is -2.19. The van der Waals surface area contributed by atoms with Crippen LogP contribution in [0.15, 0.2) is 42.5 Å². The number of anilines is 2. The number of non-ortho nitro benzene ring substituents is 1. The second-order valence-electron chi connectivity index (χ2n) is 6.49. The van der Waals surface area contributed by atoms with Crippen LogP contribution in [0.5, 0.6) is 0 Å². The van der Waals surface area contributed by atoms with Crippen molar-refractivity contribution in [2.24, 2.45) is 0 Å². The molecule has 0 heterocycles. The van der Waals surface area contributed by atoms with Gasteiger partial charge in [0.1, 0.15) is 0 Å². The van der Waals surface area contributed by atoms with Crippen LogP contribution < -0.4 is 10.2 Å². The first-order valence-corrected chi connectivity index (χ1v) is 8.69. The number of ether oxygens (including phenoxy) is 1. The Labute approximate surface area is 167 Å². The molecule has 0 aromatic heterocycles. The van der Waals surface area contributed by atoms with Crippen LogP contribution in [-0.4, -0.2) is 42.8 Å². The van der Waals surface area contributed by atoms with E-state index in [0.717, 1.165) is 6.07 Å². The number of nitrogens with one attached hydrogen (secondary N) is 1. The largest absolute Gasteiger partial charge is 0.449 e. The topological polar surface area (TPSA) is 119 Å². The number of hydrogen-bond acceptors (Lipinski definition) is 7. The van der Waals surface area contributed by atoms with Gasteiger partial charge in [0.25, 0.3) is 11.6 Å². The molecule has 2 rings (SSSR count). The zero-order chi connectivity index (χ0) is 21.7. The summed E-state index contributed by atoms with van der Waals surface area (Å²) < 4.78 is 5.21. The van der Waals surface area contributed by atoms with Crippen molar-refractivity contribution in [2.75, 3.05) is 24.3 Å². The molecule has 1 N–H and O–H groups in total. The zero-order valence-corrected chi connectivity index (χ0v) is 16.5. The summed E-state index contributed by atoms with van der Waals surface area (Å²) in [5.41, 5.74) is 0.739. The minimum absolute atomic E-state index is 0.0343. The molecule has 9 heteroatoms. The SMILES string of the molecule is CC(=O)c1ccccc1NC(=O)[C@H](C)OC(=O)c1cc([N+](=O)[O-])ccc1N(C)C. The van der Waals surface area contributed by atoms with Crippen LogP contribution in [-0.2, 0) is 9.53 Å². The molecule has 0 fully saturated rings. The van der Waals surface area contributed by atoms with Gasteiger partial charge in [0, 0.05) is 31.8 Å². The molecule has 1 atom stereocenters. The minimum atomic E-state index is -1.20. The number of para-hydroxylation sites is 1. The van der Waals surface area contributed by atoms with E-state index in [0.29, 0.717) is 16.9 Å². The summed E-state index contributed by atoms with van der Waals surface area (Å²) in [6.45, 7) is 2.75. The predicted molar refractivity (Wildman–Crippen MR) is 107 cm³/mol. The number of benzene rings is 2. The van der Waals surface area contributed by atoms with Crippen molar-refractivity contribution in [3.8, 4) is 0 Å². The molecule has 1 amide bonds. The van der Waals surface area contributed by atoms with Crippen LogP contribution in [0.4, 0.5) is 17.1 Å². The highest BCUT2D eigenvalue weighted by Crippen LogP contribution is 2.25. The number of esters is 1. The van der Waals surface area contributed by atoms with Gasteiger partial charge in [-0.15, -0.1) is 0 Å². The van der Waals surface area contributed by atoms with E-state index in [1.165, 1.54) is 26.0 Å². The molecule has 0 aliphatic carbocycles. The highest BCUT2D eigenvalue weighted by molar-refractivity contribution is 6.05. The van der Waals surface area contributed by atoms with Crippen molar-refractivity contribution in [3.05, 3.63) is 63.7 Å². The van der Waals surface area contributed by atoms with Crippen molar-refractivity contribution < 1.29 is 24.0 Å². The van der Waals surface area contributed by atoms with Crippen LogP contribution in [0.1, 0.15) is 34.6 Å². The normalized spacial score (nSPS) is 11.3. The monoisotopic (exact) mass is 399 g/mol. The second-order valence-corrected chi connectivity index (χ2v) is 6.49. The third-order valence-corrected chi connectivity index (χ3v) is 4.11. The van der Waals surface area contributed by atoms with Crippen LogP contribution >= 0.6 is 0 Å². The Morgan fingerprint density at radius 2 is 1.76 bits per heavy atom. The number of nitro groups is 1. The molecule has 0 saturated heterocycles. The third kappa shape index (κ3) is 5.16. The van der Waals surface area contributed by atoms with Gasteiger partial charge in [-0.1, -0.05) is 12.1 Å². The number of carbonyl (C=O) groups excluding carboxylic acids is 3. The van der Waals surface area contributed by atoms with E-state index in [1.54, 1.807) is 43.3 Å². The molecule has 152 valence electrons. The fraction of sp³-hybridized carbons (Fsp3) is 0.250. The summed E-state index contributed by atoms with van der Waals surface area (Å²) in [7, 11) is 3.35. The molecule has 9 nitrogen and oxygen atoms in total. The van der Waals surface area contributed by atoms with Crippen LogP contribution in [0, 0.1) is 10.1 Å². The number of carbonyl (C=O) groups is 3. The van der Waals surface area contributed by atoms with Gasteiger partial charge < -0.3 is 15.0 Å². The van der Waals surface area contributed by atoms with Crippen molar-refractivity contribution in [1.82, 2.24) is 0 Å². The molecule has 0 radical (unpaired) electrons. The highest BCUT2D eigenvalue weighted by Gasteiger charge is 2.24. The first-order chi connectivity index (χ1) is 13.6. The summed E-state index contributed by atoms with van der Waals surface area (Å²) >= 11 is 0. The van der Waals surface area contributed by atoms with Gasteiger partial charge in [-0.2, -0.15) is 0 Å². The van der Waals surface area contributed by atoms with E-state index >= 15 is 0 Å². The Balaban J connectivity index is 2.20. The number of rotatable bonds is 7. The molecule has 0 saturated carbocycles. The predicted octanol–water partition coefficient (Wildman–Crippen LogP) is 3.05. The quantitative estimate of drug-likeness (QED) is 0.329. The summed E-state index contributed by atoms with van der Waals surface area (Å²) in [6.07, 6.45) is -1.20. The van der Waals surface area contributed by atoms with Gasteiger partial charge in [-0.3, -0.25) is 19.7 Å². The average Bonchev–Trinajstić information content (AvgIpc) is 2.67. The van der Waals surface area contributed by atoms with Crippen molar-refractivity contribution in [2.45, 2.75) is 20.0 Å². The molecule has 0 unspecified atom stereocenters. The molecular weight excluding hydrogens is 378 g/mol. The zero-order valence-electron chi connectivity index (χ0n) is 16.5. The summed E-state index contributed by atoms with van der Waals surface area (Å²) in [4.78, 5) is 48.7. The Bertz CT molecular complexity index is 970. The van der Waals surface area contributed by atoms with E-state index in [-0.39, 0.29) is 17.0 Å². The van der Waals surface area contributed by atoms with Crippen LogP contribution in [0.3, 0.4) is 0 Å². The number of nitro benzene ring substituents is 1. The van der Waals surface area contributed by atoms with Crippen LogP contribution in [0.2, 0.25) is 0 Å². The summed E-state index contributed by atoms with van der Waals surface area (Å²) in [5.74, 6) is -1.73. The van der Waals surface area contributed by atoms with Crippen molar-refractivity contribution >= 4 is 34.7 Å². The third-order valence-electron chi connectivity index (χ3n) is 4.11. The maximum atomic E-state index is 12.6. The number of hydrogen-bond donors (Lipinski definition) is 1. The number of nitrogens with zero attached hydrogens (tertiary/aromatic N) is 2. The Kier molecular flexibility index (Phi) is 6.66. The van der Waals surface area contributed by atoms with E-state index in [4.69, 9.17) is 4.74 Å². The molecule has 0 bridgehead atoms. The minimum Gasteiger partial charge on any atom is -0.449 e. The molecule has 0 aliphatic heterocycles. The maximum absolute atomic E-state index is 12.6. The molecule has 2 aromatic carbocycles.